The minimum atomic E-state index is 0.408. The van der Waals surface area contributed by atoms with Gasteiger partial charge in [-0.3, -0.25) is 5.10 Å². The highest BCUT2D eigenvalue weighted by Crippen LogP contribution is 2.41. The quantitative estimate of drug-likeness (QED) is 0.313. The Morgan fingerprint density at radius 3 is 3.10 bits per heavy atom. The monoisotopic (exact) mass is 430 g/mol. The molecule has 3 aromatic heterocycles. The van der Waals surface area contributed by atoms with Gasteiger partial charge in [-0.25, -0.2) is 4.98 Å². The van der Waals surface area contributed by atoms with Crippen LogP contribution in [0.25, 0.3) is 22.5 Å². The van der Waals surface area contributed by atoms with Crippen LogP contribution in [0.2, 0.25) is 0 Å². The SMILES string of the molecule is COCCOCC#Cc1cc(-c2n[nH]c3c2Cc2ccc(Cn4ccnc4)cc2-3)cs1. The molecular weight excluding hydrogens is 408 g/mol. The molecule has 1 N–H and O–H groups in total. The summed E-state index contributed by atoms with van der Waals surface area (Å²) >= 11 is 1.63. The normalized spacial score (nSPS) is 11.8. The van der Waals surface area contributed by atoms with Gasteiger partial charge in [0.1, 0.15) is 6.61 Å². The molecule has 0 radical (unpaired) electrons. The van der Waals surface area contributed by atoms with Crippen LogP contribution in [-0.2, 0) is 22.4 Å². The lowest BCUT2D eigenvalue weighted by atomic mass is 10.1. The molecule has 6 nitrogen and oxygen atoms in total. The molecule has 5 rings (SSSR count). The number of ether oxygens (including phenoxy) is 2. The van der Waals surface area contributed by atoms with E-state index in [2.05, 4.69) is 61.2 Å². The lowest BCUT2D eigenvalue weighted by molar-refractivity contribution is 0.0877. The van der Waals surface area contributed by atoms with Crippen LogP contribution in [0.15, 0.2) is 48.4 Å². The smallest absolute Gasteiger partial charge is 0.108 e. The number of hydrogen-bond acceptors (Lipinski definition) is 5. The summed E-state index contributed by atoms with van der Waals surface area (Å²) in [6, 6.07) is 8.80. The Kier molecular flexibility index (Phi) is 5.67. The summed E-state index contributed by atoms with van der Waals surface area (Å²) in [6.45, 7) is 2.36. The fraction of sp³-hybridized carbons (Fsp3) is 0.250. The van der Waals surface area contributed by atoms with E-state index in [4.69, 9.17) is 9.47 Å². The Morgan fingerprint density at radius 2 is 2.23 bits per heavy atom. The molecule has 31 heavy (non-hydrogen) atoms. The van der Waals surface area contributed by atoms with E-state index in [1.807, 2.05) is 12.5 Å². The van der Waals surface area contributed by atoms with Gasteiger partial charge in [-0.15, -0.1) is 11.3 Å². The molecule has 3 heterocycles. The van der Waals surface area contributed by atoms with E-state index >= 15 is 0 Å². The summed E-state index contributed by atoms with van der Waals surface area (Å²) in [6.07, 6.45) is 6.53. The zero-order valence-electron chi connectivity index (χ0n) is 17.2. The fourth-order valence-electron chi connectivity index (χ4n) is 3.80. The Hall–Kier alpha value is -3.18. The predicted octanol–water partition coefficient (Wildman–Crippen LogP) is 3.97. The second-order valence-electron chi connectivity index (χ2n) is 7.38. The highest BCUT2D eigenvalue weighted by molar-refractivity contribution is 7.11. The summed E-state index contributed by atoms with van der Waals surface area (Å²) in [5.41, 5.74) is 8.35. The molecule has 0 aliphatic heterocycles. The maximum absolute atomic E-state index is 5.40. The van der Waals surface area contributed by atoms with Crippen molar-refractivity contribution in [2.45, 2.75) is 13.0 Å². The van der Waals surface area contributed by atoms with E-state index in [0.717, 1.165) is 34.8 Å². The van der Waals surface area contributed by atoms with E-state index in [-0.39, 0.29) is 0 Å². The van der Waals surface area contributed by atoms with Gasteiger partial charge in [0.25, 0.3) is 0 Å². The third-order valence-corrected chi connectivity index (χ3v) is 6.14. The molecule has 4 aromatic rings. The van der Waals surface area contributed by atoms with E-state index in [1.165, 1.54) is 22.3 Å². The Morgan fingerprint density at radius 1 is 1.26 bits per heavy atom. The van der Waals surface area contributed by atoms with Crippen molar-refractivity contribution >= 4 is 11.3 Å². The number of rotatable bonds is 7. The van der Waals surface area contributed by atoms with Crippen molar-refractivity contribution in [2.24, 2.45) is 0 Å². The number of nitrogens with one attached hydrogen (secondary N) is 1. The van der Waals surface area contributed by atoms with Crippen molar-refractivity contribution in [1.82, 2.24) is 19.7 Å². The molecule has 0 amide bonds. The number of methoxy groups -OCH3 is 1. The minimum Gasteiger partial charge on any atom is -0.382 e. The van der Waals surface area contributed by atoms with Crippen LogP contribution in [0.5, 0.6) is 0 Å². The minimum absolute atomic E-state index is 0.408. The largest absolute Gasteiger partial charge is 0.382 e. The van der Waals surface area contributed by atoms with Gasteiger partial charge in [0, 0.05) is 54.5 Å². The average molecular weight is 431 g/mol. The number of aromatic nitrogens is 4. The first-order valence-corrected chi connectivity index (χ1v) is 11.0. The fourth-order valence-corrected chi connectivity index (χ4v) is 4.56. The van der Waals surface area contributed by atoms with Crippen molar-refractivity contribution in [1.29, 1.82) is 0 Å². The Balaban J connectivity index is 1.33. The molecule has 1 aliphatic rings. The summed E-state index contributed by atoms with van der Waals surface area (Å²) in [5.74, 6) is 6.23. The van der Waals surface area contributed by atoms with Crippen molar-refractivity contribution in [2.75, 3.05) is 26.9 Å². The summed E-state index contributed by atoms with van der Waals surface area (Å²) in [5, 5.41) is 10.0. The second kappa shape index (κ2) is 8.90. The van der Waals surface area contributed by atoms with Gasteiger partial charge >= 0.3 is 0 Å². The lowest BCUT2D eigenvalue weighted by Gasteiger charge is -2.06. The zero-order valence-corrected chi connectivity index (χ0v) is 18.0. The van der Waals surface area contributed by atoms with Crippen LogP contribution in [0, 0.1) is 11.8 Å². The molecule has 0 saturated heterocycles. The average Bonchev–Trinajstić information content (AvgIpc) is 3.55. The first-order valence-electron chi connectivity index (χ1n) is 10.1. The van der Waals surface area contributed by atoms with Gasteiger partial charge in [0.05, 0.1) is 35.8 Å². The van der Waals surface area contributed by atoms with Gasteiger partial charge in [0.15, 0.2) is 0 Å². The molecule has 156 valence electrons. The third kappa shape index (κ3) is 4.19. The van der Waals surface area contributed by atoms with E-state index < -0.39 is 0 Å². The molecule has 1 aromatic carbocycles. The molecular formula is C24H22N4O2S. The van der Waals surface area contributed by atoms with Gasteiger partial charge in [-0.05, 0) is 23.3 Å². The summed E-state index contributed by atoms with van der Waals surface area (Å²) < 4.78 is 12.4. The highest BCUT2D eigenvalue weighted by Gasteiger charge is 2.25. The molecule has 0 fully saturated rings. The molecule has 7 heteroatoms. The third-order valence-electron chi connectivity index (χ3n) is 5.29. The molecule has 0 unspecified atom stereocenters. The molecule has 0 atom stereocenters. The number of imidazole rings is 1. The lowest BCUT2D eigenvalue weighted by Crippen LogP contribution is -2.01. The predicted molar refractivity (Wildman–Crippen MR) is 121 cm³/mol. The van der Waals surface area contributed by atoms with Crippen LogP contribution >= 0.6 is 11.3 Å². The first-order chi connectivity index (χ1) is 15.3. The van der Waals surface area contributed by atoms with Crippen molar-refractivity contribution in [3.05, 3.63) is 69.9 Å². The van der Waals surface area contributed by atoms with Crippen LogP contribution in [0.4, 0.5) is 0 Å². The van der Waals surface area contributed by atoms with Crippen LogP contribution in [0.3, 0.4) is 0 Å². The van der Waals surface area contributed by atoms with E-state index in [0.29, 0.717) is 19.8 Å². The maximum atomic E-state index is 5.40. The highest BCUT2D eigenvalue weighted by atomic mass is 32.1. The van der Waals surface area contributed by atoms with Gasteiger partial charge in [0.2, 0.25) is 0 Å². The van der Waals surface area contributed by atoms with Gasteiger partial charge in [-0.1, -0.05) is 24.0 Å². The Labute approximate surface area is 184 Å². The number of H-pyrrole nitrogens is 1. The Bertz CT molecular complexity index is 1240. The number of fused-ring (bicyclic) bond motifs is 3. The van der Waals surface area contributed by atoms with Gasteiger partial charge in [-0.2, -0.15) is 5.10 Å². The maximum Gasteiger partial charge on any atom is 0.108 e. The van der Waals surface area contributed by atoms with Crippen LogP contribution in [-0.4, -0.2) is 46.7 Å². The summed E-state index contributed by atoms with van der Waals surface area (Å²) in [4.78, 5) is 5.14. The zero-order chi connectivity index (χ0) is 21.0. The molecule has 0 spiro atoms. The molecule has 0 saturated carbocycles. The molecule has 1 aliphatic carbocycles. The summed E-state index contributed by atoms with van der Waals surface area (Å²) in [7, 11) is 1.66. The van der Waals surface area contributed by atoms with E-state index in [9.17, 15) is 0 Å². The van der Waals surface area contributed by atoms with Crippen LogP contribution in [0.1, 0.15) is 21.6 Å². The number of thiophene rings is 1. The first kappa shape index (κ1) is 19.8. The van der Waals surface area contributed by atoms with Crippen molar-refractivity contribution in [3.8, 4) is 34.4 Å². The number of aromatic amines is 1. The number of nitrogens with zero attached hydrogens (tertiary/aromatic N) is 3. The van der Waals surface area contributed by atoms with E-state index in [1.54, 1.807) is 24.6 Å². The topological polar surface area (TPSA) is 65.0 Å². The second-order valence-corrected chi connectivity index (χ2v) is 8.29. The molecule has 0 bridgehead atoms. The number of hydrogen-bond donors (Lipinski definition) is 1. The van der Waals surface area contributed by atoms with Crippen molar-refractivity contribution < 1.29 is 9.47 Å². The van der Waals surface area contributed by atoms with Crippen molar-refractivity contribution in [3.63, 3.8) is 0 Å². The number of benzene rings is 1. The van der Waals surface area contributed by atoms with Gasteiger partial charge < -0.3 is 14.0 Å². The standard InChI is InChI=1S/C24H22N4O2S/c1-29-9-10-30-8-2-3-20-12-19(15-31-20)23-22-13-18-5-4-17(14-28-7-6-25-16-28)11-21(18)24(22)27-26-23/h4-7,11-12,15-16H,8-10,13-14H2,1H3,(H,26,27). The van der Waals surface area contributed by atoms with Crippen LogP contribution < -0.4 is 0 Å².